The summed E-state index contributed by atoms with van der Waals surface area (Å²) in [6.45, 7) is 22.3. The second-order valence-corrected chi connectivity index (χ2v) is 20.5. The Hall–Kier alpha value is -3.68. The number of ether oxygens (including phenoxy) is 1. The summed E-state index contributed by atoms with van der Waals surface area (Å²) < 4.78 is 6.73. The fourth-order valence-electron chi connectivity index (χ4n) is 13.8. The SMILES string of the molecule is C=C(OC1CCC2(C)C(CCC3(C)C4CCC5(NC(=O)C(C)(C)c6ncc(-c7ccc(O)cc7)[nH]6)CC(=O)C(C(C)C)=C5C4CCC32)C1C)C1CC(C=O)C1C. The molecule has 0 radical (unpaired) electrons. The van der Waals surface area contributed by atoms with E-state index in [1.54, 1.807) is 18.3 Å². The number of nitrogens with one attached hydrogen (secondary N) is 2. The van der Waals surface area contributed by atoms with Crippen molar-refractivity contribution in [3.63, 3.8) is 0 Å². The first-order chi connectivity index (χ1) is 26.4. The number of fused-ring (bicyclic) bond motifs is 7. The first-order valence-corrected chi connectivity index (χ1v) is 21.7. The van der Waals surface area contributed by atoms with Crippen LogP contribution in [0.1, 0.15) is 125 Å². The van der Waals surface area contributed by atoms with E-state index in [2.05, 4.69) is 63.4 Å². The van der Waals surface area contributed by atoms with E-state index in [1.807, 2.05) is 26.0 Å². The van der Waals surface area contributed by atoms with E-state index < -0.39 is 11.0 Å². The summed E-state index contributed by atoms with van der Waals surface area (Å²) in [7, 11) is 0. The summed E-state index contributed by atoms with van der Waals surface area (Å²) in [5.74, 6) is 4.96. The van der Waals surface area contributed by atoms with Crippen molar-refractivity contribution < 1.29 is 24.2 Å². The highest BCUT2D eigenvalue weighted by Gasteiger charge is 2.65. The number of allylic oxidation sites excluding steroid dienone is 2. The highest BCUT2D eigenvalue weighted by Crippen LogP contribution is 2.71. The van der Waals surface area contributed by atoms with Crippen LogP contribution >= 0.6 is 0 Å². The molecule has 12 atom stereocenters. The van der Waals surface area contributed by atoms with Gasteiger partial charge in [-0.2, -0.15) is 0 Å². The van der Waals surface area contributed by atoms with Crippen molar-refractivity contribution >= 4 is 18.0 Å². The third-order valence-electron chi connectivity index (χ3n) is 17.1. The zero-order valence-corrected chi connectivity index (χ0v) is 35.0. The number of phenolic OH excluding ortho intramolecular Hbond substituents is 1. The van der Waals surface area contributed by atoms with Crippen molar-refractivity contribution in [3.05, 3.63) is 59.8 Å². The Morgan fingerprint density at radius 3 is 2.38 bits per heavy atom. The lowest BCUT2D eigenvalue weighted by molar-refractivity contribution is -0.181. The monoisotopic (exact) mass is 763 g/mol. The highest BCUT2D eigenvalue weighted by molar-refractivity contribution is 6.02. The molecule has 0 bridgehead atoms. The van der Waals surface area contributed by atoms with Crippen molar-refractivity contribution in [2.75, 3.05) is 0 Å². The number of carbonyl (C=O) groups excluding carboxylic acids is 3. The highest BCUT2D eigenvalue weighted by atomic mass is 16.5. The van der Waals surface area contributed by atoms with Gasteiger partial charge in [0.05, 0.1) is 23.2 Å². The van der Waals surface area contributed by atoms with Gasteiger partial charge in [-0.25, -0.2) is 4.98 Å². The third-order valence-corrected chi connectivity index (χ3v) is 17.1. The molecule has 6 aliphatic carbocycles. The Kier molecular flexibility index (Phi) is 9.59. The lowest BCUT2D eigenvalue weighted by Gasteiger charge is -2.67. The van der Waals surface area contributed by atoms with E-state index in [0.29, 0.717) is 41.8 Å². The summed E-state index contributed by atoms with van der Waals surface area (Å²) in [5.41, 5.74) is 2.63. The topological polar surface area (TPSA) is 121 Å². The number of phenols is 1. The van der Waals surface area contributed by atoms with Gasteiger partial charge in [0.2, 0.25) is 5.91 Å². The van der Waals surface area contributed by atoms with Crippen LogP contribution in [0.25, 0.3) is 11.3 Å². The van der Waals surface area contributed by atoms with Crippen LogP contribution in [0.4, 0.5) is 0 Å². The lowest BCUT2D eigenvalue weighted by Crippen LogP contribution is -2.63. The molecular formula is C48H65N3O5. The number of amides is 1. The number of aromatic hydroxyl groups is 1. The number of aldehydes is 1. The van der Waals surface area contributed by atoms with Crippen LogP contribution in [0.15, 0.2) is 53.9 Å². The molecule has 1 aromatic heterocycles. The molecule has 0 aliphatic heterocycles. The van der Waals surface area contributed by atoms with Crippen LogP contribution in [-0.2, 0) is 24.5 Å². The molecule has 8 nitrogen and oxygen atoms in total. The predicted molar refractivity (Wildman–Crippen MR) is 218 cm³/mol. The van der Waals surface area contributed by atoms with Crippen LogP contribution in [0.2, 0.25) is 0 Å². The summed E-state index contributed by atoms with van der Waals surface area (Å²) in [5, 5.41) is 13.4. The van der Waals surface area contributed by atoms with Gasteiger partial charge < -0.3 is 24.9 Å². The second kappa shape index (κ2) is 13.7. The van der Waals surface area contributed by atoms with Gasteiger partial charge >= 0.3 is 0 Å². The summed E-state index contributed by atoms with van der Waals surface area (Å²) >= 11 is 0. The Morgan fingerprint density at radius 1 is 1.02 bits per heavy atom. The van der Waals surface area contributed by atoms with E-state index in [1.165, 1.54) is 18.4 Å². The zero-order valence-electron chi connectivity index (χ0n) is 35.0. The lowest BCUT2D eigenvalue weighted by atomic mass is 9.38. The van der Waals surface area contributed by atoms with E-state index in [9.17, 15) is 19.5 Å². The molecule has 0 spiro atoms. The normalized spacial score (nSPS) is 39.2. The molecule has 1 amide bonds. The minimum Gasteiger partial charge on any atom is -0.508 e. The van der Waals surface area contributed by atoms with Gasteiger partial charge in [-0.1, -0.05) is 48.1 Å². The molecule has 5 fully saturated rings. The largest absolute Gasteiger partial charge is 0.508 e. The van der Waals surface area contributed by atoms with Crippen molar-refractivity contribution in [1.82, 2.24) is 15.3 Å². The maximum atomic E-state index is 14.6. The van der Waals surface area contributed by atoms with Crippen LogP contribution < -0.4 is 5.32 Å². The van der Waals surface area contributed by atoms with Crippen molar-refractivity contribution in [1.29, 1.82) is 0 Å². The maximum absolute atomic E-state index is 14.6. The summed E-state index contributed by atoms with van der Waals surface area (Å²) in [4.78, 5) is 48.2. The fourth-order valence-corrected chi connectivity index (χ4v) is 13.8. The number of nitrogens with zero attached hydrogens (tertiary/aromatic N) is 1. The number of H-pyrrole nitrogens is 1. The van der Waals surface area contributed by atoms with Crippen LogP contribution in [0.5, 0.6) is 5.75 Å². The first-order valence-electron chi connectivity index (χ1n) is 21.7. The number of aromatic amines is 1. The van der Waals surface area contributed by atoms with Crippen LogP contribution in [-0.4, -0.2) is 44.7 Å². The van der Waals surface area contributed by atoms with Gasteiger partial charge in [-0.05, 0) is 165 Å². The second-order valence-electron chi connectivity index (χ2n) is 20.5. The molecule has 6 aliphatic rings. The van der Waals surface area contributed by atoms with Gasteiger partial charge in [0.25, 0.3) is 0 Å². The third kappa shape index (κ3) is 5.88. The van der Waals surface area contributed by atoms with Crippen LogP contribution in [0, 0.1) is 64.1 Å². The number of hydrogen-bond donors (Lipinski definition) is 3. The molecule has 12 unspecified atom stereocenters. The molecule has 1 heterocycles. The Bertz CT molecular complexity index is 1940. The molecule has 8 heteroatoms. The van der Waals surface area contributed by atoms with Gasteiger partial charge in [0.1, 0.15) is 29.4 Å². The number of carbonyl (C=O) groups is 3. The molecule has 2 aromatic rings. The smallest absolute Gasteiger partial charge is 0.233 e. The van der Waals surface area contributed by atoms with Crippen molar-refractivity contribution in [2.24, 2.45) is 64.1 Å². The fraction of sp³-hybridized carbons (Fsp3) is 0.667. The molecule has 5 saturated carbocycles. The first kappa shape index (κ1) is 39.2. The molecule has 8 rings (SSSR count). The standard InChI is InChI=1S/C48H65N3O5/c1-26(2)41-38(54)23-48(51-44(55)45(6,7)43-49-24-37(50-43)30-10-12-32(53)13-11-30)21-17-36-33(42(41)48)14-15-40-46(8)20-18-39(28(4)35(46)16-19-47(36,40)9)56-29(5)34-22-31(25-52)27(34)3/h10-13,24-28,31,33-36,39-40,53H,5,14-23H2,1-4,6-9H3,(H,49,50)(H,51,55). The van der Waals surface area contributed by atoms with Gasteiger partial charge in [0, 0.05) is 18.3 Å². The van der Waals surface area contributed by atoms with Crippen LogP contribution in [0.3, 0.4) is 0 Å². The average molecular weight is 764 g/mol. The number of aromatic nitrogens is 2. The van der Waals surface area contributed by atoms with E-state index in [0.717, 1.165) is 73.8 Å². The Balaban J connectivity index is 1.02. The van der Waals surface area contributed by atoms with Gasteiger partial charge in [-0.3, -0.25) is 9.59 Å². The molecular weight excluding hydrogens is 699 g/mol. The minimum absolute atomic E-state index is 0.0953. The maximum Gasteiger partial charge on any atom is 0.233 e. The molecule has 1 aromatic carbocycles. The number of hydrogen-bond acceptors (Lipinski definition) is 6. The van der Waals surface area contributed by atoms with E-state index in [-0.39, 0.29) is 58.0 Å². The number of imidazole rings is 1. The zero-order chi connectivity index (χ0) is 40.1. The van der Waals surface area contributed by atoms with Crippen molar-refractivity contribution in [2.45, 2.75) is 137 Å². The van der Waals surface area contributed by atoms with E-state index in [4.69, 9.17) is 4.74 Å². The number of rotatable bonds is 9. The van der Waals surface area contributed by atoms with Gasteiger partial charge in [-0.15, -0.1) is 0 Å². The molecule has 0 saturated heterocycles. The molecule has 3 N–H and O–H groups in total. The van der Waals surface area contributed by atoms with E-state index >= 15 is 0 Å². The molecule has 56 heavy (non-hydrogen) atoms. The predicted octanol–water partition coefficient (Wildman–Crippen LogP) is 9.50. The number of ketones is 1. The Labute approximate surface area is 334 Å². The van der Waals surface area contributed by atoms with Gasteiger partial charge in [0.15, 0.2) is 5.78 Å². The summed E-state index contributed by atoms with van der Waals surface area (Å²) in [6.07, 6.45) is 12.8. The minimum atomic E-state index is -0.966. The number of Topliss-reactive ketones (excluding diaryl/α,β-unsaturated/α-hetero) is 1. The molecule has 302 valence electrons. The van der Waals surface area contributed by atoms with Crippen molar-refractivity contribution in [3.8, 4) is 17.0 Å². The quantitative estimate of drug-likeness (QED) is 0.173. The summed E-state index contributed by atoms with van der Waals surface area (Å²) in [6, 6.07) is 6.94. The Morgan fingerprint density at radius 2 is 1.70 bits per heavy atom. The number of benzene rings is 1. The average Bonchev–Trinajstić information content (AvgIpc) is 3.76.